The topological polar surface area (TPSA) is 47.6 Å². The first-order valence-corrected chi connectivity index (χ1v) is 6.18. The summed E-state index contributed by atoms with van der Waals surface area (Å²) in [5, 5.41) is 3.36. The molecule has 0 bridgehead atoms. The monoisotopic (exact) mass is 249 g/mol. The lowest BCUT2D eigenvalue weighted by Crippen LogP contribution is -2.51. The zero-order valence-corrected chi connectivity index (χ0v) is 10.9. The molecule has 0 aromatic heterocycles. The molecule has 0 radical (unpaired) electrons. The fourth-order valence-corrected chi connectivity index (χ4v) is 2.27. The number of para-hydroxylation sites is 1. The number of hydrogen-bond acceptors (Lipinski definition) is 4. The molecule has 0 spiro atoms. The molecule has 4 heteroatoms. The highest BCUT2D eigenvalue weighted by Gasteiger charge is 2.41. The minimum Gasteiger partial charge on any atom is -0.467 e. The Hall–Kier alpha value is -1.55. The van der Waals surface area contributed by atoms with Gasteiger partial charge in [-0.1, -0.05) is 18.2 Å². The van der Waals surface area contributed by atoms with E-state index in [9.17, 15) is 4.79 Å². The molecule has 1 aromatic rings. The van der Waals surface area contributed by atoms with Crippen molar-refractivity contribution in [2.45, 2.75) is 25.3 Å². The summed E-state index contributed by atoms with van der Waals surface area (Å²) < 4.78 is 10.3. The number of rotatable bonds is 3. The van der Waals surface area contributed by atoms with Gasteiger partial charge >= 0.3 is 5.97 Å². The van der Waals surface area contributed by atoms with E-state index in [0.29, 0.717) is 26.1 Å². The van der Waals surface area contributed by atoms with Crippen LogP contribution in [0.25, 0.3) is 0 Å². The molecule has 0 saturated carbocycles. The lowest BCUT2D eigenvalue weighted by atomic mass is 9.89. The smallest absolute Gasteiger partial charge is 0.331 e. The molecule has 0 unspecified atom stereocenters. The van der Waals surface area contributed by atoms with Crippen molar-refractivity contribution >= 4 is 11.7 Å². The molecule has 1 aromatic carbocycles. The van der Waals surface area contributed by atoms with Gasteiger partial charge in [0.25, 0.3) is 0 Å². The highest BCUT2D eigenvalue weighted by molar-refractivity contribution is 5.85. The van der Waals surface area contributed by atoms with Crippen LogP contribution in [0, 0.1) is 6.92 Å². The number of anilines is 1. The summed E-state index contributed by atoms with van der Waals surface area (Å²) >= 11 is 0. The van der Waals surface area contributed by atoms with E-state index in [4.69, 9.17) is 9.47 Å². The van der Waals surface area contributed by atoms with Crippen LogP contribution in [0.3, 0.4) is 0 Å². The fraction of sp³-hybridized carbons (Fsp3) is 0.500. The Morgan fingerprint density at radius 1 is 1.33 bits per heavy atom. The maximum Gasteiger partial charge on any atom is 0.331 e. The fourth-order valence-electron chi connectivity index (χ4n) is 2.27. The maximum absolute atomic E-state index is 12.1. The molecule has 1 saturated heterocycles. The molecule has 0 aliphatic carbocycles. The molecule has 1 aliphatic heterocycles. The Balaban J connectivity index is 2.25. The third-order valence-electron chi connectivity index (χ3n) is 3.44. The second-order valence-electron chi connectivity index (χ2n) is 4.63. The van der Waals surface area contributed by atoms with E-state index in [1.165, 1.54) is 7.11 Å². The van der Waals surface area contributed by atoms with Crippen LogP contribution < -0.4 is 5.32 Å². The molecule has 98 valence electrons. The van der Waals surface area contributed by atoms with Gasteiger partial charge in [0, 0.05) is 31.7 Å². The molecule has 18 heavy (non-hydrogen) atoms. The van der Waals surface area contributed by atoms with E-state index >= 15 is 0 Å². The van der Waals surface area contributed by atoms with E-state index in [1.807, 2.05) is 31.2 Å². The molecule has 1 fully saturated rings. The van der Waals surface area contributed by atoms with Crippen LogP contribution in [0.2, 0.25) is 0 Å². The van der Waals surface area contributed by atoms with Crippen LogP contribution in [-0.2, 0) is 14.3 Å². The number of carbonyl (C=O) groups is 1. The number of nitrogens with one attached hydrogen (secondary N) is 1. The van der Waals surface area contributed by atoms with Crippen molar-refractivity contribution in [1.29, 1.82) is 0 Å². The van der Waals surface area contributed by atoms with Crippen molar-refractivity contribution in [1.82, 2.24) is 0 Å². The second kappa shape index (κ2) is 5.40. The van der Waals surface area contributed by atoms with Crippen LogP contribution in [0.5, 0.6) is 0 Å². The molecule has 1 aliphatic rings. The minimum atomic E-state index is -0.654. The molecular weight excluding hydrogens is 230 g/mol. The Kier molecular flexibility index (Phi) is 3.87. The first kappa shape index (κ1) is 12.9. The molecule has 1 heterocycles. The first-order chi connectivity index (χ1) is 8.68. The summed E-state index contributed by atoms with van der Waals surface area (Å²) in [5.74, 6) is -0.214. The standard InChI is InChI=1S/C14H19NO3/c1-11-5-3-4-6-12(11)15-14(13(16)17-2)7-9-18-10-8-14/h3-6,15H,7-10H2,1-2H3. The summed E-state index contributed by atoms with van der Waals surface area (Å²) in [6.07, 6.45) is 1.27. The van der Waals surface area contributed by atoms with Crippen LogP contribution in [0.1, 0.15) is 18.4 Å². The van der Waals surface area contributed by atoms with Gasteiger partial charge in [-0.3, -0.25) is 0 Å². The van der Waals surface area contributed by atoms with Crippen LogP contribution >= 0.6 is 0 Å². The Morgan fingerprint density at radius 3 is 2.61 bits per heavy atom. The Bertz CT molecular complexity index is 425. The van der Waals surface area contributed by atoms with Gasteiger partial charge in [0.15, 0.2) is 0 Å². The quantitative estimate of drug-likeness (QED) is 0.834. The van der Waals surface area contributed by atoms with E-state index in [1.54, 1.807) is 0 Å². The van der Waals surface area contributed by atoms with Crippen molar-refractivity contribution in [3.05, 3.63) is 29.8 Å². The second-order valence-corrected chi connectivity index (χ2v) is 4.63. The van der Waals surface area contributed by atoms with Gasteiger partial charge in [0.05, 0.1) is 7.11 Å². The third kappa shape index (κ3) is 2.48. The first-order valence-electron chi connectivity index (χ1n) is 6.18. The Morgan fingerprint density at radius 2 is 2.00 bits per heavy atom. The number of esters is 1. The lowest BCUT2D eigenvalue weighted by Gasteiger charge is -2.36. The number of ether oxygens (including phenoxy) is 2. The van der Waals surface area contributed by atoms with E-state index in [2.05, 4.69) is 5.32 Å². The minimum absolute atomic E-state index is 0.214. The number of carbonyl (C=O) groups excluding carboxylic acids is 1. The SMILES string of the molecule is COC(=O)C1(Nc2ccccc2C)CCOCC1. The number of benzene rings is 1. The zero-order chi connectivity index (χ0) is 13.0. The zero-order valence-electron chi connectivity index (χ0n) is 10.9. The van der Waals surface area contributed by atoms with Gasteiger partial charge < -0.3 is 14.8 Å². The van der Waals surface area contributed by atoms with E-state index in [0.717, 1.165) is 11.3 Å². The van der Waals surface area contributed by atoms with Gasteiger partial charge in [-0.2, -0.15) is 0 Å². The maximum atomic E-state index is 12.1. The molecule has 0 amide bonds. The number of aryl methyl sites for hydroxylation is 1. The summed E-state index contributed by atoms with van der Waals surface area (Å²) in [5.41, 5.74) is 1.44. The van der Waals surface area contributed by atoms with Crippen molar-refractivity contribution in [3.8, 4) is 0 Å². The highest BCUT2D eigenvalue weighted by Crippen LogP contribution is 2.28. The average molecular weight is 249 g/mol. The van der Waals surface area contributed by atoms with Gasteiger partial charge in [-0.15, -0.1) is 0 Å². The van der Waals surface area contributed by atoms with Crippen molar-refractivity contribution < 1.29 is 14.3 Å². The van der Waals surface area contributed by atoms with Crippen molar-refractivity contribution in [2.24, 2.45) is 0 Å². The summed E-state index contributed by atoms with van der Waals surface area (Å²) in [6.45, 7) is 3.18. The number of hydrogen-bond donors (Lipinski definition) is 1. The molecule has 0 atom stereocenters. The number of methoxy groups -OCH3 is 1. The van der Waals surface area contributed by atoms with Gasteiger partial charge in [-0.25, -0.2) is 4.79 Å². The summed E-state index contributed by atoms with van der Waals surface area (Å²) in [7, 11) is 1.43. The van der Waals surface area contributed by atoms with Crippen LogP contribution in [0.4, 0.5) is 5.69 Å². The normalized spacial score (nSPS) is 18.1. The molecule has 4 nitrogen and oxygen atoms in total. The lowest BCUT2D eigenvalue weighted by molar-refractivity contribution is -0.149. The predicted octanol–water partition coefficient (Wildman–Crippen LogP) is 2.13. The summed E-state index contributed by atoms with van der Waals surface area (Å²) in [4.78, 5) is 12.1. The molecular formula is C14H19NO3. The average Bonchev–Trinajstić information content (AvgIpc) is 2.41. The Labute approximate surface area is 107 Å². The van der Waals surface area contributed by atoms with Gasteiger partial charge in [0.2, 0.25) is 0 Å². The van der Waals surface area contributed by atoms with E-state index < -0.39 is 5.54 Å². The molecule has 2 rings (SSSR count). The third-order valence-corrected chi connectivity index (χ3v) is 3.44. The van der Waals surface area contributed by atoms with Crippen molar-refractivity contribution in [3.63, 3.8) is 0 Å². The van der Waals surface area contributed by atoms with E-state index in [-0.39, 0.29) is 5.97 Å². The summed E-state index contributed by atoms with van der Waals surface area (Å²) in [6, 6.07) is 7.94. The van der Waals surface area contributed by atoms with Crippen molar-refractivity contribution in [2.75, 3.05) is 25.6 Å². The van der Waals surface area contributed by atoms with Gasteiger partial charge in [0.1, 0.15) is 5.54 Å². The largest absolute Gasteiger partial charge is 0.467 e. The van der Waals surface area contributed by atoms with Crippen LogP contribution in [-0.4, -0.2) is 31.8 Å². The predicted molar refractivity (Wildman–Crippen MR) is 69.6 cm³/mol. The van der Waals surface area contributed by atoms with Crippen LogP contribution in [0.15, 0.2) is 24.3 Å². The van der Waals surface area contributed by atoms with Gasteiger partial charge in [-0.05, 0) is 18.6 Å². The molecule has 1 N–H and O–H groups in total. The highest BCUT2D eigenvalue weighted by atomic mass is 16.5.